The van der Waals surface area contributed by atoms with Crippen molar-refractivity contribution in [1.29, 1.82) is 0 Å². The number of nitrogens with one attached hydrogen (secondary N) is 1. The predicted octanol–water partition coefficient (Wildman–Crippen LogP) is 3.04. The van der Waals surface area contributed by atoms with Crippen molar-refractivity contribution in [2.24, 2.45) is 13.0 Å². The molecule has 0 amide bonds. The largest absolute Gasteiger partial charge is 0.369 e. The fraction of sp³-hybridized carbons (Fsp3) is 0.600. The first-order valence-electron chi connectivity index (χ1n) is 9.48. The van der Waals surface area contributed by atoms with Crippen molar-refractivity contribution >= 4 is 5.82 Å². The molecule has 0 spiro atoms. The normalized spacial score (nSPS) is 25.8. The predicted molar refractivity (Wildman–Crippen MR) is 101 cm³/mol. The first-order chi connectivity index (χ1) is 12.1. The van der Waals surface area contributed by atoms with Gasteiger partial charge in [-0.05, 0) is 69.3 Å². The van der Waals surface area contributed by atoms with Crippen molar-refractivity contribution in [3.63, 3.8) is 0 Å². The zero-order valence-electron chi connectivity index (χ0n) is 15.6. The van der Waals surface area contributed by atoms with Gasteiger partial charge in [-0.2, -0.15) is 5.10 Å². The molecule has 1 aliphatic carbocycles. The van der Waals surface area contributed by atoms with E-state index < -0.39 is 0 Å². The Labute approximate surface area is 150 Å². The molecule has 1 fully saturated rings. The van der Waals surface area contributed by atoms with Gasteiger partial charge < -0.3 is 10.2 Å². The van der Waals surface area contributed by atoms with E-state index in [4.69, 9.17) is 4.98 Å². The lowest BCUT2D eigenvalue weighted by atomic mass is 9.82. The summed E-state index contributed by atoms with van der Waals surface area (Å²) >= 11 is 0. The number of aromatic nitrogens is 3. The minimum absolute atomic E-state index is 0.376. The molecule has 25 heavy (non-hydrogen) atoms. The first-order valence-corrected chi connectivity index (χ1v) is 9.48. The smallest absolute Gasteiger partial charge is 0.129 e. The van der Waals surface area contributed by atoms with E-state index >= 15 is 0 Å². The molecule has 1 aliphatic heterocycles. The Morgan fingerprint density at radius 2 is 2.00 bits per heavy atom. The van der Waals surface area contributed by atoms with Crippen LogP contribution in [0.25, 0.3) is 0 Å². The molecule has 2 aromatic heterocycles. The maximum atomic E-state index is 4.70. The summed E-state index contributed by atoms with van der Waals surface area (Å²) < 4.78 is 1.88. The third-order valence-electron chi connectivity index (χ3n) is 6.02. The van der Waals surface area contributed by atoms with Gasteiger partial charge in [0.05, 0.1) is 6.20 Å². The lowest BCUT2D eigenvalue weighted by Crippen LogP contribution is -2.32. The summed E-state index contributed by atoms with van der Waals surface area (Å²) in [6.45, 7) is 0.922. The summed E-state index contributed by atoms with van der Waals surface area (Å²) in [6, 6.07) is 3.16. The molecule has 0 radical (unpaired) electrons. The highest BCUT2D eigenvalue weighted by molar-refractivity contribution is 5.56. The van der Waals surface area contributed by atoms with Crippen molar-refractivity contribution in [3.05, 3.63) is 41.3 Å². The van der Waals surface area contributed by atoms with Crippen LogP contribution >= 0.6 is 0 Å². The van der Waals surface area contributed by atoms with Crippen LogP contribution in [0.4, 0.5) is 5.82 Å². The summed E-state index contributed by atoms with van der Waals surface area (Å²) in [5, 5.41) is 7.79. The van der Waals surface area contributed by atoms with Crippen molar-refractivity contribution in [3.8, 4) is 0 Å². The number of hydrogen-bond donors (Lipinski definition) is 1. The number of nitrogens with zero attached hydrogens (tertiary/aromatic N) is 4. The van der Waals surface area contributed by atoms with E-state index in [0.29, 0.717) is 5.92 Å². The minimum Gasteiger partial charge on any atom is -0.369 e. The fourth-order valence-corrected chi connectivity index (χ4v) is 4.48. The summed E-state index contributed by atoms with van der Waals surface area (Å²) in [5.74, 6) is 2.23. The van der Waals surface area contributed by atoms with E-state index in [-0.39, 0.29) is 0 Å². The Hall–Kier alpha value is -1.88. The number of anilines is 1. The molecule has 2 aliphatic rings. The second kappa shape index (κ2) is 6.79. The second-order valence-corrected chi connectivity index (χ2v) is 8.00. The van der Waals surface area contributed by atoms with E-state index in [0.717, 1.165) is 24.3 Å². The highest BCUT2D eigenvalue weighted by Crippen LogP contribution is 2.36. The second-order valence-electron chi connectivity index (χ2n) is 8.00. The van der Waals surface area contributed by atoms with E-state index in [1.807, 2.05) is 17.9 Å². The molecular weight excluding hydrogens is 310 g/mol. The van der Waals surface area contributed by atoms with E-state index in [1.165, 1.54) is 48.8 Å². The van der Waals surface area contributed by atoms with Crippen LogP contribution in [-0.4, -0.2) is 46.3 Å². The molecule has 1 saturated carbocycles. The van der Waals surface area contributed by atoms with Crippen LogP contribution < -0.4 is 5.32 Å². The highest BCUT2D eigenvalue weighted by atomic mass is 15.2. The van der Waals surface area contributed by atoms with E-state index in [9.17, 15) is 0 Å². The van der Waals surface area contributed by atoms with Crippen molar-refractivity contribution in [2.75, 3.05) is 26.0 Å². The van der Waals surface area contributed by atoms with Gasteiger partial charge in [-0.15, -0.1) is 0 Å². The van der Waals surface area contributed by atoms with Gasteiger partial charge in [-0.3, -0.25) is 4.68 Å². The van der Waals surface area contributed by atoms with Crippen LogP contribution in [0, 0.1) is 5.92 Å². The minimum atomic E-state index is 0.376. The van der Waals surface area contributed by atoms with Gasteiger partial charge in [-0.25, -0.2) is 4.98 Å². The Kier molecular flexibility index (Phi) is 4.50. The first kappa shape index (κ1) is 16.6. The molecule has 0 saturated heterocycles. The molecule has 0 aromatic carbocycles. The van der Waals surface area contributed by atoms with Crippen molar-refractivity contribution < 1.29 is 0 Å². The molecule has 5 heteroatoms. The molecular formula is C20H29N5. The zero-order chi connectivity index (χ0) is 17.4. The number of rotatable bonds is 4. The maximum absolute atomic E-state index is 4.70. The van der Waals surface area contributed by atoms with E-state index in [1.54, 1.807) is 0 Å². The molecule has 134 valence electrons. The van der Waals surface area contributed by atoms with Crippen LogP contribution in [0.15, 0.2) is 24.7 Å². The third kappa shape index (κ3) is 3.43. The van der Waals surface area contributed by atoms with Gasteiger partial charge in [0.2, 0.25) is 0 Å². The summed E-state index contributed by atoms with van der Waals surface area (Å²) in [6.07, 6.45) is 12.7. The van der Waals surface area contributed by atoms with Gasteiger partial charge in [0.1, 0.15) is 5.82 Å². The highest BCUT2D eigenvalue weighted by Gasteiger charge is 2.27. The summed E-state index contributed by atoms with van der Waals surface area (Å²) in [4.78, 5) is 7.09. The quantitative estimate of drug-likeness (QED) is 0.930. The SMILES string of the molecule is CN(C)C1CCC(Cc2cnc3c(c2)C(c2cnn(C)c2)CN3)CC1. The lowest BCUT2D eigenvalue weighted by molar-refractivity contribution is 0.193. The topological polar surface area (TPSA) is 46.0 Å². The van der Waals surface area contributed by atoms with Crippen molar-refractivity contribution in [2.45, 2.75) is 44.1 Å². The van der Waals surface area contributed by atoms with Crippen molar-refractivity contribution in [1.82, 2.24) is 19.7 Å². The molecule has 2 aromatic rings. The molecule has 5 nitrogen and oxygen atoms in total. The number of hydrogen-bond acceptors (Lipinski definition) is 4. The standard InChI is InChI=1S/C20H29N5/c1-24(2)17-6-4-14(5-7-17)8-15-9-18-19(12-22-20(18)21-10-15)16-11-23-25(3)13-16/h9-11,13-14,17,19H,4-8,12H2,1-3H3,(H,21,22). The third-order valence-corrected chi connectivity index (χ3v) is 6.02. The summed E-state index contributed by atoms with van der Waals surface area (Å²) in [5.41, 5.74) is 4.01. The van der Waals surface area contributed by atoms with E-state index in [2.05, 4.69) is 47.9 Å². The Morgan fingerprint density at radius 1 is 1.20 bits per heavy atom. The molecule has 0 bridgehead atoms. The monoisotopic (exact) mass is 339 g/mol. The zero-order valence-corrected chi connectivity index (χ0v) is 15.6. The molecule has 1 N–H and O–H groups in total. The molecule has 4 rings (SSSR count). The fourth-order valence-electron chi connectivity index (χ4n) is 4.48. The van der Waals surface area contributed by atoms with Crippen LogP contribution in [-0.2, 0) is 13.5 Å². The lowest BCUT2D eigenvalue weighted by Gasteiger charge is -2.32. The van der Waals surface area contributed by atoms with Crippen LogP contribution in [0.1, 0.15) is 48.3 Å². The van der Waals surface area contributed by atoms with Gasteiger partial charge in [-0.1, -0.05) is 0 Å². The number of fused-ring (bicyclic) bond motifs is 1. The average Bonchev–Trinajstić information content (AvgIpc) is 3.21. The van der Waals surface area contributed by atoms with Crippen LogP contribution in [0.2, 0.25) is 0 Å². The Bertz CT molecular complexity index is 727. The maximum Gasteiger partial charge on any atom is 0.129 e. The number of pyridine rings is 1. The summed E-state index contributed by atoms with van der Waals surface area (Å²) in [7, 11) is 6.40. The average molecular weight is 339 g/mol. The molecule has 3 heterocycles. The van der Waals surface area contributed by atoms with Gasteiger partial charge in [0, 0.05) is 43.5 Å². The van der Waals surface area contributed by atoms with Gasteiger partial charge in [0.15, 0.2) is 0 Å². The van der Waals surface area contributed by atoms with Crippen LogP contribution in [0.5, 0.6) is 0 Å². The molecule has 1 atom stereocenters. The Morgan fingerprint density at radius 3 is 2.68 bits per heavy atom. The van der Waals surface area contributed by atoms with Gasteiger partial charge in [0.25, 0.3) is 0 Å². The van der Waals surface area contributed by atoms with Gasteiger partial charge >= 0.3 is 0 Å². The Balaban J connectivity index is 1.46. The van der Waals surface area contributed by atoms with Crippen LogP contribution in [0.3, 0.4) is 0 Å². The molecule has 1 unspecified atom stereocenters. The number of aryl methyl sites for hydroxylation is 1.